The second kappa shape index (κ2) is 3.67. The van der Waals surface area contributed by atoms with Gasteiger partial charge in [0.2, 0.25) is 5.28 Å². The lowest BCUT2D eigenvalue weighted by Gasteiger charge is -2.06. The number of halogens is 4. The molecule has 0 spiro atoms. The molecule has 0 aromatic carbocycles. The van der Waals surface area contributed by atoms with Gasteiger partial charge in [0.25, 0.3) is 0 Å². The van der Waals surface area contributed by atoms with Crippen LogP contribution in [0.1, 0.15) is 16.1 Å². The molecule has 16 heavy (non-hydrogen) atoms. The van der Waals surface area contributed by atoms with E-state index in [1.54, 1.807) is 0 Å². The third kappa shape index (κ3) is 1.76. The van der Waals surface area contributed by atoms with Gasteiger partial charge >= 0.3 is 6.18 Å². The van der Waals surface area contributed by atoms with E-state index in [1.807, 2.05) is 0 Å². The number of carbonyl (C=O) groups excluding carboxylic acids is 1. The summed E-state index contributed by atoms with van der Waals surface area (Å²) in [7, 11) is 0. The van der Waals surface area contributed by atoms with Crippen LogP contribution in [0.2, 0.25) is 5.28 Å². The molecule has 3 nitrogen and oxygen atoms in total. The van der Waals surface area contributed by atoms with E-state index in [1.165, 1.54) is 5.38 Å². The largest absolute Gasteiger partial charge is 0.434 e. The molecular formula is C8H2ClF3N2OS. The highest BCUT2D eigenvalue weighted by atomic mass is 35.5. The number of hydrogen-bond donors (Lipinski definition) is 0. The number of aromatic nitrogens is 2. The van der Waals surface area contributed by atoms with Gasteiger partial charge in [0.1, 0.15) is 0 Å². The van der Waals surface area contributed by atoms with Crippen molar-refractivity contribution in [2.75, 3.05) is 0 Å². The lowest BCUT2D eigenvalue weighted by atomic mass is 10.2. The number of alkyl halides is 3. The van der Waals surface area contributed by atoms with E-state index in [2.05, 4.69) is 9.97 Å². The van der Waals surface area contributed by atoms with Crippen molar-refractivity contribution in [2.24, 2.45) is 0 Å². The van der Waals surface area contributed by atoms with Gasteiger partial charge in [-0.2, -0.15) is 13.2 Å². The topological polar surface area (TPSA) is 42.9 Å². The Morgan fingerprint density at radius 3 is 2.62 bits per heavy atom. The van der Waals surface area contributed by atoms with E-state index in [0.29, 0.717) is 6.29 Å². The number of fused-ring (bicyclic) bond motifs is 1. The van der Waals surface area contributed by atoms with E-state index >= 15 is 0 Å². The first-order valence-electron chi connectivity index (χ1n) is 3.90. The van der Waals surface area contributed by atoms with Gasteiger partial charge in [-0.3, -0.25) is 4.79 Å². The monoisotopic (exact) mass is 266 g/mol. The number of nitrogens with zero attached hydrogens (tertiary/aromatic N) is 2. The normalized spacial score (nSPS) is 12.0. The highest BCUT2D eigenvalue weighted by Crippen LogP contribution is 2.37. The number of thiophene rings is 1. The van der Waals surface area contributed by atoms with Crippen molar-refractivity contribution < 1.29 is 18.0 Å². The molecule has 0 atom stereocenters. The van der Waals surface area contributed by atoms with Crippen molar-refractivity contribution in [3.8, 4) is 0 Å². The average Bonchev–Trinajstić information content (AvgIpc) is 2.57. The molecule has 0 N–H and O–H groups in total. The van der Waals surface area contributed by atoms with Gasteiger partial charge in [-0.05, 0) is 11.6 Å². The Kier molecular flexibility index (Phi) is 2.59. The number of rotatable bonds is 1. The summed E-state index contributed by atoms with van der Waals surface area (Å²) in [5, 5.41) is 0.763. The van der Waals surface area contributed by atoms with E-state index < -0.39 is 17.2 Å². The van der Waals surface area contributed by atoms with Gasteiger partial charge in [0.15, 0.2) is 12.0 Å². The van der Waals surface area contributed by atoms with Gasteiger partial charge in [-0.25, -0.2) is 9.97 Å². The van der Waals surface area contributed by atoms with Crippen LogP contribution in [0.25, 0.3) is 10.2 Å². The summed E-state index contributed by atoms with van der Waals surface area (Å²) in [6.45, 7) is 0. The lowest BCUT2D eigenvalue weighted by Crippen LogP contribution is -2.09. The van der Waals surface area contributed by atoms with Crippen LogP contribution in [-0.4, -0.2) is 16.3 Å². The van der Waals surface area contributed by atoms with E-state index in [9.17, 15) is 18.0 Å². The molecule has 2 rings (SSSR count). The van der Waals surface area contributed by atoms with Crippen LogP contribution in [0.3, 0.4) is 0 Å². The zero-order chi connectivity index (χ0) is 11.9. The second-order valence-corrected chi connectivity index (χ2v) is 4.04. The van der Waals surface area contributed by atoms with Crippen LogP contribution >= 0.6 is 22.9 Å². The van der Waals surface area contributed by atoms with Gasteiger partial charge in [0, 0.05) is 5.38 Å². The molecule has 0 radical (unpaired) electrons. The summed E-state index contributed by atoms with van der Waals surface area (Å²) in [5.74, 6) is 0. The third-order valence-corrected chi connectivity index (χ3v) is 2.97. The van der Waals surface area contributed by atoms with Crippen LogP contribution in [-0.2, 0) is 6.18 Å². The van der Waals surface area contributed by atoms with Crippen LogP contribution in [0.4, 0.5) is 13.2 Å². The molecule has 0 amide bonds. The minimum absolute atomic E-state index is 0.0627. The van der Waals surface area contributed by atoms with Crippen molar-refractivity contribution in [2.45, 2.75) is 6.18 Å². The first kappa shape index (κ1) is 11.3. The van der Waals surface area contributed by atoms with Crippen LogP contribution in [0.5, 0.6) is 0 Å². The van der Waals surface area contributed by atoms with E-state index in [4.69, 9.17) is 11.6 Å². The van der Waals surface area contributed by atoms with Gasteiger partial charge in [-0.15, -0.1) is 11.3 Å². The molecule has 84 valence electrons. The predicted molar refractivity (Wildman–Crippen MR) is 52.8 cm³/mol. The highest BCUT2D eigenvalue weighted by Gasteiger charge is 2.36. The maximum Gasteiger partial charge on any atom is 0.434 e. The number of aldehydes is 1. The molecule has 0 aliphatic heterocycles. The zero-order valence-electron chi connectivity index (χ0n) is 7.38. The molecular weight excluding hydrogens is 265 g/mol. The fourth-order valence-electron chi connectivity index (χ4n) is 1.18. The molecule has 0 aliphatic rings. The SMILES string of the molecule is O=Cc1csc2c(C(F)(F)F)nc(Cl)nc12. The Bertz CT molecular complexity index is 566. The Labute approximate surface area is 95.9 Å². The molecule has 0 unspecified atom stereocenters. The third-order valence-electron chi connectivity index (χ3n) is 1.81. The van der Waals surface area contributed by atoms with Crippen LogP contribution in [0, 0.1) is 0 Å². The Morgan fingerprint density at radius 1 is 1.38 bits per heavy atom. The highest BCUT2D eigenvalue weighted by molar-refractivity contribution is 7.17. The maximum atomic E-state index is 12.6. The van der Waals surface area contributed by atoms with Crippen molar-refractivity contribution in [1.29, 1.82) is 0 Å². The summed E-state index contributed by atoms with van der Waals surface area (Å²) in [4.78, 5) is 17.3. The van der Waals surface area contributed by atoms with E-state index in [0.717, 1.165) is 11.3 Å². The van der Waals surface area contributed by atoms with Crippen molar-refractivity contribution in [3.05, 3.63) is 21.9 Å². The quantitative estimate of drug-likeness (QED) is 0.588. The standard InChI is InChI=1S/C8H2ClF3N2OS/c9-7-13-4-3(1-15)2-16-5(4)6(14-7)8(10,11)12/h1-2H. The summed E-state index contributed by atoms with van der Waals surface area (Å²) >= 11 is 6.15. The van der Waals surface area contributed by atoms with Crippen LogP contribution < -0.4 is 0 Å². The summed E-state index contributed by atoms with van der Waals surface area (Å²) in [6.07, 6.45) is -4.18. The number of hydrogen-bond acceptors (Lipinski definition) is 4. The fraction of sp³-hybridized carbons (Fsp3) is 0.125. The predicted octanol–water partition coefficient (Wildman–Crippen LogP) is 3.18. The molecule has 2 aromatic heterocycles. The molecule has 0 aliphatic carbocycles. The fourth-order valence-corrected chi connectivity index (χ4v) is 2.31. The smallest absolute Gasteiger partial charge is 0.298 e. The Morgan fingerprint density at radius 2 is 2.06 bits per heavy atom. The lowest BCUT2D eigenvalue weighted by molar-refractivity contribution is -0.139. The summed E-state index contributed by atoms with van der Waals surface area (Å²) < 4.78 is 37.6. The van der Waals surface area contributed by atoms with Gasteiger partial charge < -0.3 is 0 Å². The second-order valence-electron chi connectivity index (χ2n) is 2.83. The van der Waals surface area contributed by atoms with E-state index in [-0.39, 0.29) is 15.8 Å². The molecule has 0 bridgehead atoms. The zero-order valence-corrected chi connectivity index (χ0v) is 8.95. The average molecular weight is 267 g/mol. The van der Waals surface area contributed by atoms with Gasteiger partial charge in [-0.1, -0.05) is 0 Å². The van der Waals surface area contributed by atoms with Gasteiger partial charge in [0.05, 0.1) is 15.8 Å². The summed E-state index contributed by atoms with van der Waals surface area (Å²) in [6, 6.07) is 0. The first-order chi connectivity index (χ1) is 7.43. The number of carbonyl (C=O) groups is 1. The molecule has 8 heteroatoms. The maximum absolute atomic E-state index is 12.6. The minimum atomic E-state index is -4.62. The molecule has 0 fully saturated rings. The minimum Gasteiger partial charge on any atom is -0.298 e. The Balaban J connectivity index is 2.85. The molecule has 0 saturated carbocycles. The molecule has 2 heterocycles. The van der Waals surface area contributed by atoms with Crippen LogP contribution in [0.15, 0.2) is 5.38 Å². The van der Waals surface area contributed by atoms with Crippen molar-refractivity contribution >= 4 is 39.4 Å². The first-order valence-corrected chi connectivity index (χ1v) is 5.16. The molecule has 0 saturated heterocycles. The molecule has 2 aromatic rings. The Hall–Kier alpha value is -1.21. The summed E-state index contributed by atoms with van der Waals surface area (Å²) in [5.41, 5.74) is -1.09. The van der Waals surface area contributed by atoms with Crippen molar-refractivity contribution in [1.82, 2.24) is 9.97 Å². The van der Waals surface area contributed by atoms with Crippen molar-refractivity contribution in [3.63, 3.8) is 0 Å².